The lowest BCUT2D eigenvalue weighted by Gasteiger charge is -2.03. The first-order valence-corrected chi connectivity index (χ1v) is 3.87. The van der Waals surface area contributed by atoms with Crippen LogP contribution < -0.4 is 0 Å². The predicted molar refractivity (Wildman–Crippen MR) is 51.6 cm³/mol. The minimum Gasteiger partial charge on any atom is -0.507 e. The highest BCUT2D eigenvalue weighted by atomic mass is 16.4. The van der Waals surface area contributed by atoms with Gasteiger partial charge in [0, 0.05) is 11.1 Å². The molecule has 0 atom stereocenters. The summed E-state index contributed by atoms with van der Waals surface area (Å²) in [6.07, 6.45) is 2.22. The third-order valence-corrected chi connectivity index (χ3v) is 1.71. The summed E-state index contributed by atoms with van der Waals surface area (Å²) in [5.74, 6) is -0.0915. The molecule has 0 radical (unpaired) electrons. The molecule has 1 aromatic rings. The van der Waals surface area contributed by atoms with Gasteiger partial charge in [0.1, 0.15) is 5.75 Å². The van der Waals surface area contributed by atoms with Gasteiger partial charge in [-0.25, -0.2) is 0 Å². The van der Waals surface area contributed by atoms with Gasteiger partial charge in [0.2, 0.25) is 0 Å². The van der Waals surface area contributed by atoms with Gasteiger partial charge in [-0.05, 0) is 24.6 Å². The molecule has 14 heavy (non-hydrogen) atoms. The second kappa shape index (κ2) is 4.27. The Kier molecular flexibility index (Phi) is 3.06. The van der Waals surface area contributed by atoms with Gasteiger partial charge in [0.05, 0.1) is 12.4 Å². The van der Waals surface area contributed by atoms with Crippen LogP contribution in [0.3, 0.4) is 0 Å². The average molecular weight is 194 g/mol. The van der Waals surface area contributed by atoms with Gasteiger partial charge in [0.15, 0.2) is 0 Å². The summed E-state index contributed by atoms with van der Waals surface area (Å²) in [5.41, 5.74) is 1.58. The number of phenolic OH excluding ortho intramolecular Hbond substituents is 1. The lowest BCUT2D eigenvalue weighted by molar-refractivity contribution is 0.321. The predicted octanol–water partition coefficient (Wildman–Crippen LogP) is 1.32. The maximum Gasteiger partial charge on any atom is 0.133 e. The fourth-order valence-electron chi connectivity index (χ4n) is 1.16. The third kappa shape index (κ3) is 2.01. The zero-order chi connectivity index (χ0) is 10.6. The van der Waals surface area contributed by atoms with Crippen molar-refractivity contribution in [3.63, 3.8) is 0 Å². The molecule has 74 valence electrons. The number of hydrogen-bond acceptors (Lipinski definition) is 5. The molecule has 1 aromatic carbocycles. The highest BCUT2D eigenvalue weighted by Crippen LogP contribution is 2.21. The lowest BCUT2D eigenvalue weighted by Crippen LogP contribution is -1.91. The molecule has 0 heterocycles. The Bertz CT molecular complexity index is 353. The second-order valence-corrected chi connectivity index (χ2v) is 2.78. The number of aryl methyl sites for hydroxylation is 1. The summed E-state index contributed by atoms with van der Waals surface area (Å²) in [5, 5.41) is 31.9. The fourth-order valence-corrected chi connectivity index (χ4v) is 1.16. The van der Waals surface area contributed by atoms with Crippen LogP contribution in [-0.2, 0) is 0 Å². The van der Waals surface area contributed by atoms with Gasteiger partial charge < -0.3 is 15.5 Å². The van der Waals surface area contributed by atoms with Gasteiger partial charge in [-0.15, -0.1) is 0 Å². The van der Waals surface area contributed by atoms with Gasteiger partial charge >= 0.3 is 0 Å². The van der Waals surface area contributed by atoms with E-state index >= 15 is 0 Å². The van der Waals surface area contributed by atoms with Crippen molar-refractivity contribution in [2.45, 2.75) is 6.92 Å². The molecule has 0 aliphatic rings. The van der Waals surface area contributed by atoms with Crippen molar-refractivity contribution in [3.05, 3.63) is 28.8 Å². The highest BCUT2D eigenvalue weighted by molar-refractivity contribution is 5.91. The zero-order valence-electron chi connectivity index (χ0n) is 7.55. The van der Waals surface area contributed by atoms with Crippen LogP contribution in [0, 0.1) is 6.92 Å². The molecule has 1 rings (SSSR count). The molecule has 0 saturated carbocycles. The Hall–Kier alpha value is -2.04. The smallest absolute Gasteiger partial charge is 0.133 e. The van der Waals surface area contributed by atoms with E-state index in [4.69, 9.17) is 10.4 Å². The molecule has 0 aromatic heterocycles. The van der Waals surface area contributed by atoms with Crippen LogP contribution >= 0.6 is 0 Å². The topological polar surface area (TPSA) is 85.4 Å². The quantitative estimate of drug-likeness (QED) is 0.377. The van der Waals surface area contributed by atoms with E-state index in [1.165, 1.54) is 0 Å². The summed E-state index contributed by atoms with van der Waals surface area (Å²) in [6.45, 7) is 1.81. The molecule has 0 aliphatic carbocycles. The molecule has 0 bridgehead atoms. The Labute approximate surface area is 80.6 Å². The monoisotopic (exact) mass is 194 g/mol. The normalized spacial score (nSPS) is 11.5. The minimum absolute atomic E-state index is 0.0915. The molecule has 0 spiro atoms. The Morgan fingerprint density at radius 1 is 1.07 bits per heavy atom. The number of phenols is 1. The first-order chi connectivity index (χ1) is 6.69. The van der Waals surface area contributed by atoms with Crippen LogP contribution in [0.25, 0.3) is 0 Å². The van der Waals surface area contributed by atoms with Crippen LogP contribution in [-0.4, -0.2) is 28.0 Å². The first kappa shape index (κ1) is 10.0. The summed E-state index contributed by atoms with van der Waals surface area (Å²) >= 11 is 0. The van der Waals surface area contributed by atoms with E-state index in [-0.39, 0.29) is 5.75 Å². The number of oxime groups is 2. The lowest BCUT2D eigenvalue weighted by atomic mass is 10.1. The van der Waals surface area contributed by atoms with Gasteiger partial charge in [-0.3, -0.25) is 0 Å². The Morgan fingerprint density at radius 3 is 1.86 bits per heavy atom. The van der Waals surface area contributed by atoms with Gasteiger partial charge in [0.25, 0.3) is 0 Å². The fraction of sp³-hybridized carbons (Fsp3) is 0.111. The molecule has 0 amide bonds. The van der Waals surface area contributed by atoms with Crippen LogP contribution in [0.15, 0.2) is 22.4 Å². The van der Waals surface area contributed by atoms with E-state index in [1.807, 2.05) is 6.92 Å². The van der Waals surface area contributed by atoms with Crippen LogP contribution in [0.4, 0.5) is 0 Å². The molecule has 0 saturated heterocycles. The number of benzene rings is 1. The number of nitrogens with zero attached hydrogens (tertiary/aromatic N) is 2. The van der Waals surface area contributed by atoms with E-state index in [0.29, 0.717) is 11.1 Å². The van der Waals surface area contributed by atoms with Crippen molar-refractivity contribution in [2.24, 2.45) is 10.3 Å². The molecule has 0 unspecified atom stereocenters. The summed E-state index contributed by atoms with van der Waals surface area (Å²) < 4.78 is 0. The van der Waals surface area contributed by atoms with Gasteiger partial charge in [-0.2, -0.15) is 0 Å². The summed E-state index contributed by atoms with van der Waals surface area (Å²) in [4.78, 5) is 0. The molecule has 3 N–H and O–H groups in total. The van der Waals surface area contributed by atoms with Crippen LogP contribution in [0.5, 0.6) is 5.75 Å². The maximum absolute atomic E-state index is 9.57. The highest BCUT2D eigenvalue weighted by Gasteiger charge is 2.05. The van der Waals surface area contributed by atoms with Crippen molar-refractivity contribution in [1.82, 2.24) is 0 Å². The van der Waals surface area contributed by atoms with Crippen molar-refractivity contribution < 1.29 is 15.5 Å². The van der Waals surface area contributed by atoms with Crippen LogP contribution in [0.1, 0.15) is 16.7 Å². The summed E-state index contributed by atoms with van der Waals surface area (Å²) in [7, 11) is 0. The SMILES string of the molecule is Cc1cc(C=NO)c(O)c(/C=N/O)c1. The maximum atomic E-state index is 9.57. The second-order valence-electron chi connectivity index (χ2n) is 2.78. The van der Waals surface area contributed by atoms with E-state index in [2.05, 4.69) is 10.3 Å². The van der Waals surface area contributed by atoms with Crippen molar-refractivity contribution in [2.75, 3.05) is 0 Å². The Morgan fingerprint density at radius 2 is 1.50 bits per heavy atom. The van der Waals surface area contributed by atoms with E-state index in [9.17, 15) is 5.11 Å². The molecule has 0 fully saturated rings. The molecule has 5 nitrogen and oxygen atoms in total. The van der Waals surface area contributed by atoms with Gasteiger partial charge in [-0.1, -0.05) is 10.3 Å². The number of rotatable bonds is 2. The van der Waals surface area contributed by atoms with Crippen molar-refractivity contribution in [3.8, 4) is 5.75 Å². The number of hydrogen-bond donors (Lipinski definition) is 3. The molecular formula is C9H10N2O3. The van der Waals surface area contributed by atoms with E-state index in [1.54, 1.807) is 12.1 Å². The summed E-state index contributed by atoms with van der Waals surface area (Å²) in [6, 6.07) is 3.29. The minimum atomic E-state index is -0.0915. The Balaban J connectivity index is 3.31. The molecule has 0 aliphatic heterocycles. The number of aromatic hydroxyl groups is 1. The first-order valence-electron chi connectivity index (χ1n) is 3.87. The standard InChI is InChI=1S/C9H10N2O3/c1-6-2-7(4-10-13)9(12)8(3-6)5-11-14/h2-5,12-14H,1H3/b10-4+,11-5?. The zero-order valence-corrected chi connectivity index (χ0v) is 7.55. The van der Waals surface area contributed by atoms with E-state index in [0.717, 1.165) is 18.0 Å². The third-order valence-electron chi connectivity index (χ3n) is 1.71. The van der Waals surface area contributed by atoms with E-state index < -0.39 is 0 Å². The van der Waals surface area contributed by atoms with Crippen LogP contribution in [0.2, 0.25) is 0 Å². The largest absolute Gasteiger partial charge is 0.507 e. The van der Waals surface area contributed by atoms with Crippen molar-refractivity contribution in [1.29, 1.82) is 0 Å². The average Bonchev–Trinajstić information content (AvgIpc) is 2.14. The van der Waals surface area contributed by atoms with Crippen molar-refractivity contribution >= 4 is 12.4 Å². The molecule has 5 heteroatoms. The molecular weight excluding hydrogens is 184 g/mol.